The lowest BCUT2D eigenvalue weighted by molar-refractivity contribution is -0.137. The Labute approximate surface area is 83.7 Å². The Bertz CT molecular complexity index is 240. The maximum Gasteiger partial charge on any atom is 0.303 e. The molecule has 1 fully saturated rings. The predicted molar refractivity (Wildman–Crippen MR) is 51.7 cm³/mol. The lowest BCUT2D eigenvalue weighted by Crippen LogP contribution is -2.34. The van der Waals surface area contributed by atoms with Gasteiger partial charge < -0.3 is 10.4 Å². The van der Waals surface area contributed by atoms with E-state index < -0.39 is 5.97 Å². The molecule has 4 nitrogen and oxygen atoms in total. The molecule has 1 aliphatic carbocycles. The van der Waals surface area contributed by atoms with Gasteiger partial charge in [-0.1, -0.05) is 6.92 Å². The zero-order valence-electron chi connectivity index (χ0n) is 8.62. The maximum absolute atomic E-state index is 11.4. The van der Waals surface area contributed by atoms with Crippen molar-refractivity contribution in [3.05, 3.63) is 0 Å². The first-order valence-corrected chi connectivity index (χ1v) is 5.03. The van der Waals surface area contributed by atoms with Crippen LogP contribution in [0.25, 0.3) is 0 Å². The molecule has 80 valence electrons. The number of carbonyl (C=O) groups is 2. The quantitative estimate of drug-likeness (QED) is 0.694. The average molecular weight is 199 g/mol. The Balaban J connectivity index is 2.16. The Morgan fingerprint density at radius 1 is 1.57 bits per heavy atom. The number of carboxylic acid groups (broad SMARTS) is 1. The largest absolute Gasteiger partial charge is 0.481 e. The molecule has 0 heterocycles. The number of hydrogen-bond acceptors (Lipinski definition) is 2. The smallest absolute Gasteiger partial charge is 0.303 e. The van der Waals surface area contributed by atoms with Gasteiger partial charge in [-0.25, -0.2) is 0 Å². The number of nitrogens with one attached hydrogen (secondary N) is 1. The zero-order chi connectivity index (χ0) is 10.7. The lowest BCUT2D eigenvalue weighted by Gasteiger charge is -2.12. The number of carboxylic acids is 1. The van der Waals surface area contributed by atoms with E-state index in [9.17, 15) is 9.59 Å². The van der Waals surface area contributed by atoms with Crippen LogP contribution in [0.3, 0.4) is 0 Å². The van der Waals surface area contributed by atoms with Crippen molar-refractivity contribution in [2.24, 2.45) is 11.8 Å². The van der Waals surface area contributed by atoms with Crippen LogP contribution in [0.15, 0.2) is 0 Å². The molecule has 4 heteroatoms. The Morgan fingerprint density at radius 2 is 2.14 bits per heavy atom. The number of carbonyl (C=O) groups excluding carboxylic acids is 1. The third-order valence-electron chi connectivity index (χ3n) is 2.63. The molecule has 14 heavy (non-hydrogen) atoms. The molecule has 3 atom stereocenters. The number of amides is 1. The number of hydrogen-bond donors (Lipinski definition) is 2. The normalized spacial score (nSPS) is 26.7. The van der Waals surface area contributed by atoms with Crippen molar-refractivity contribution in [1.29, 1.82) is 0 Å². The number of rotatable bonds is 5. The first-order valence-electron chi connectivity index (χ1n) is 5.03. The van der Waals surface area contributed by atoms with Gasteiger partial charge in [0.1, 0.15) is 0 Å². The molecule has 0 bridgehead atoms. The molecule has 1 saturated carbocycles. The third-order valence-corrected chi connectivity index (χ3v) is 2.63. The van der Waals surface area contributed by atoms with E-state index >= 15 is 0 Å². The highest BCUT2D eigenvalue weighted by Gasteiger charge is 2.39. The molecule has 0 radical (unpaired) electrons. The monoisotopic (exact) mass is 199 g/mol. The van der Waals surface area contributed by atoms with Crippen molar-refractivity contribution in [3.63, 3.8) is 0 Å². The van der Waals surface area contributed by atoms with Crippen molar-refractivity contribution >= 4 is 11.9 Å². The molecule has 3 unspecified atom stereocenters. The summed E-state index contributed by atoms with van der Waals surface area (Å²) in [6.45, 7) is 3.89. The second-order valence-electron chi connectivity index (χ2n) is 4.16. The predicted octanol–water partition coefficient (Wildman–Crippen LogP) is 1.01. The van der Waals surface area contributed by atoms with Gasteiger partial charge in [-0.2, -0.15) is 0 Å². The summed E-state index contributed by atoms with van der Waals surface area (Å²) in [4.78, 5) is 21.7. The third kappa shape index (κ3) is 3.36. The fraction of sp³-hybridized carbons (Fsp3) is 0.800. The van der Waals surface area contributed by atoms with E-state index in [1.54, 1.807) is 0 Å². The average Bonchev–Trinajstić information content (AvgIpc) is 2.79. The topological polar surface area (TPSA) is 66.4 Å². The molecule has 0 saturated heterocycles. The summed E-state index contributed by atoms with van der Waals surface area (Å²) in [6, 6.07) is -0.0357. The van der Waals surface area contributed by atoms with E-state index in [-0.39, 0.29) is 24.3 Å². The van der Waals surface area contributed by atoms with E-state index in [2.05, 4.69) is 5.32 Å². The van der Waals surface area contributed by atoms with E-state index in [1.165, 1.54) is 0 Å². The second kappa shape index (κ2) is 4.44. The SMILES string of the molecule is CC(CCC(=O)O)NC(=O)C1CC1C. The van der Waals surface area contributed by atoms with Crippen molar-refractivity contribution in [3.8, 4) is 0 Å². The minimum atomic E-state index is -0.814. The highest BCUT2D eigenvalue weighted by Crippen LogP contribution is 2.37. The fourth-order valence-corrected chi connectivity index (χ4v) is 1.45. The molecule has 1 rings (SSSR count). The van der Waals surface area contributed by atoms with Crippen LogP contribution in [0, 0.1) is 11.8 Å². The summed E-state index contributed by atoms with van der Waals surface area (Å²) in [6.07, 6.45) is 1.58. The Hall–Kier alpha value is -1.06. The van der Waals surface area contributed by atoms with Crippen LogP contribution in [-0.4, -0.2) is 23.0 Å². The Morgan fingerprint density at radius 3 is 2.57 bits per heavy atom. The van der Waals surface area contributed by atoms with Crippen LogP contribution in [0.4, 0.5) is 0 Å². The second-order valence-corrected chi connectivity index (χ2v) is 4.16. The van der Waals surface area contributed by atoms with Crippen LogP contribution < -0.4 is 5.32 Å². The first-order chi connectivity index (χ1) is 6.50. The van der Waals surface area contributed by atoms with Gasteiger partial charge in [-0.3, -0.25) is 9.59 Å². The van der Waals surface area contributed by atoms with Gasteiger partial charge in [0.25, 0.3) is 0 Å². The van der Waals surface area contributed by atoms with Crippen molar-refractivity contribution in [2.45, 2.75) is 39.2 Å². The van der Waals surface area contributed by atoms with Gasteiger partial charge in [0.05, 0.1) is 0 Å². The summed E-state index contributed by atoms with van der Waals surface area (Å²) < 4.78 is 0. The first kappa shape index (κ1) is 11.0. The van der Waals surface area contributed by atoms with Crippen molar-refractivity contribution in [1.82, 2.24) is 5.32 Å². The van der Waals surface area contributed by atoms with Crippen LogP contribution in [0.2, 0.25) is 0 Å². The van der Waals surface area contributed by atoms with Crippen molar-refractivity contribution < 1.29 is 14.7 Å². The summed E-state index contributed by atoms with van der Waals surface area (Å²) in [5, 5.41) is 11.3. The van der Waals surface area contributed by atoms with E-state index in [0.29, 0.717) is 12.3 Å². The van der Waals surface area contributed by atoms with Gasteiger partial charge in [-0.15, -0.1) is 0 Å². The van der Waals surface area contributed by atoms with Crippen LogP contribution in [0.5, 0.6) is 0 Å². The Kier molecular flexibility index (Phi) is 3.49. The van der Waals surface area contributed by atoms with Crippen molar-refractivity contribution in [2.75, 3.05) is 0 Å². The summed E-state index contributed by atoms with van der Waals surface area (Å²) in [5.41, 5.74) is 0. The molecule has 1 aliphatic rings. The van der Waals surface area contributed by atoms with Gasteiger partial charge >= 0.3 is 5.97 Å². The molecular weight excluding hydrogens is 182 g/mol. The van der Waals surface area contributed by atoms with Crippen LogP contribution >= 0.6 is 0 Å². The summed E-state index contributed by atoms with van der Waals surface area (Å²) in [7, 11) is 0. The highest BCUT2D eigenvalue weighted by molar-refractivity contribution is 5.81. The zero-order valence-corrected chi connectivity index (χ0v) is 8.62. The molecular formula is C10H17NO3. The minimum absolute atomic E-state index is 0.0357. The molecule has 0 spiro atoms. The van der Waals surface area contributed by atoms with Gasteiger partial charge in [0, 0.05) is 18.4 Å². The molecule has 0 aliphatic heterocycles. The van der Waals surface area contributed by atoms with Gasteiger partial charge in [-0.05, 0) is 25.7 Å². The fourth-order valence-electron chi connectivity index (χ4n) is 1.45. The van der Waals surface area contributed by atoms with Crippen LogP contribution in [0.1, 0.15) is 33.1 Å². The molecule has 0 aromatic rings. The standard InChI is InChI=1S/C10H17NO3/c1-6-5-8(6)10(14)11-7(2)3-4-9(12)13/h6-8H,3-5H2,1-2H3,(H,11,14)(H,12,13). The molecule has 1 amide bonds. The highest BCUT2D eigenvalue weighted by atomic mass is 16.4. The summed E-state index contributed by atoms with van der Waals surface area (Å²) in [5.74, 6) is -0.0646. The molecule has 0 aromatic carbocycles. The summed E-state index contributed by atoms with van der Waals surface area (Å²) >= 11 is 0. The number of aliphatic carboxylic acids is 1. The van der Waals surface area contributed by atoms with Gasteiger partial charge in [0.15, 0.2) is 0 Å². The van der Waals surface area contributed by atoms with Crippen LogP contribution in [-0.2, 0) is 9.59 Å². The van der Waals surface area contributed by atoms with E-state index in [4.69, 9.17) is 5.11 Å². The minimum Gasteiger partial charge on any atom is -0.481 e. The van der Waals surface area contributed by atoms with E-state index in [1.807, 2.05) is 13.8 Å². The van der Waals surface area contributed by atoms with Gasteiger partial charge in [0.2, 0.25) is 5.91 Å². The lowest BCUT2D eigenvalue weighted by atomic mass is 10.1. The molecule has 0 aromatic heterocycles. The maximum atomic E-state index is 11.4. The molecule has 2 N–H and O–H groups in total. The van der Waals surface area contributed by atoms with E-state index in [0.717, 1.165) is 6.42 Å².